The van der Waals surface area contributed by atoms with Gasteiger partial charge in [0.05, 0.1) is 18.4 Å². The van der Waals surface area contributed by atoms with Gasteiger partial charge in [-0.25, -0.2) is 0 Å². The van der Waals surface area contributed by atoms with Crippen LogP contribution in [0.4, 0.5) is 5.69 Å². The van der Waals surface area contributed by atoms with Gasteiger partial charge in [-0.1, -0.05) is 42.5 Å². The van der Waals surface area contributed by atoms with Gasteiger partial charge in [0.2, 0.25) is 0 Å². The van der Waals surface area contributed by atoms with Crippen LogP contribution in [0.5, 0.6) is 0 Å². The highest BCUT2D eigenvalue weighted by Gasteiger charge is 2.22. The Morgan fingerprint density at radius 1 is 1.11 bits per heavy atom. The van der Waals surface area contributed by atoms with E-state index in [1.165, 1.54) is 11.8 Å². The van der Waals surface area contributed by atoms with Gasteiger partial charge in [0.15, 0.2) is 0 Å². The minimum Gasteiger partial charge on any atom is -0.371 e. The second kappa shape index (κ2) is 10.3. The number of thioether (sulfide) groups is 1. The number of anilines is 1. The number of para-hydroxylation sites is 1. The Kier molecular flexibility index (Phi) is 7.47. The van der Waals surface area contributed by atoms with Gasteiger partial charge in [-0.05, 0) is 24.0 Å². The van der Waals surface area contributed by atoms with E-state index in [0.717, 1.165) is 23.5 Å². The minimum absolute atomic E-state index is 0.0389. The molecule has 3 rings (SSSR count). The number of carbonyl (C=O) groups excluding carboxylic acids is 2. The van der Waals surface area contributed by atoms with E-state index in [9.17, 15) is 9.59 Å². The van der Waals surface area contributed by atoms with E-state index in [1.807, 2.05) is 42.7 Å². The molecular weight excluding hydrogens is 374 g/mol. The van der Waals surface area contributed by atoms with Crippen molar-refractivity contribution in [2.45, 2.75) is 11.0 Å². The highest BCUT2D eigenvalue weighted by Crippen LogP contribution is 2.24. The fourth-order valence-corrected chi connectivity index (χ4v) is 3.66. The lowest BCUT2D eigenvalue weighted by atomic mass is 10.1. The van der Waals surface area contributed by atoms with Crippen molar-refractivity contribution in [1.82, 2.24) is 10.2 Å². The Labute approximate surface area is 169 Å². The number of ether oxygens (including phenoxy) is 1. The summed E-state index contributed by atoms with van der Waals surface area (Å²) in [5.74, 6) is -1.27. The Balaban J connectivity index is 1.44. The second-order valence-corrected chi connectivity index (χ2v) is 7.33. The molecule has 7 heteroatoms. The molecule has 0 bridgehead atoms. The molecule has 1 atom stereocenters. The Morgan fingerprint density at radius 3 is 2.64 bits per heavy atom. The third kappa shape index (κ3) is 5.58. The zero-order valence-corrected chi connectivity index (χ0v) is 16.7. The van der Waals surface area contributed by atoms with Gasteiger partial charge >= 0.3 is 11.8 Å². The molecule has 6 nitrogen and oxygen atoms in total. The van der Waals surface area contributed by atoms with Crippen LogP contribution in [0.1, 0.15) is 11.7 Å². The molecule has 148 valence electrons. The van der Waals surface area contributed by atoms with E-state index in [4.69, 9.17) is 4.74 Å². The molecular formula is C21H25N3O3S. The Bertz CT molecular complexity index is 800. The van der Waals surface area contributed by atoms with Crippen LogP contribution in [0.15, 0.2) is 59.5 Å². The number of morpholine rings is 1. The summed E-state index contributed by atoms with van der Waals surface area (Å²) in [5, 5.41) is 5.37. The van der Waals surface area contributed by atoms with E-state index in [-0.39, 0.29) is 6.10 Å². The quantitative estimate of drug-likeness (QED) is 0.577. The Hall–Kier alpha value is -2.35. The van der Waals surface area contributed by atoms with Gasteiger partial charge in [0, 0.05) is 31.1 Å². The fourth-order valence-electron chi connectivity index (χ4n) is 3.11. The van der Waals surface area contributed by atoms with Gasteiger partial charge < -0.3 is 15.4 Å². The van der Waals surface area contributed by atoms with Crippen LogP contribution in [0.2, 0.25) is 0 Å². The predicted octanol–water partition coefficient (Wildman–Crippen LogP) is 2.54. The standard InChI is InChI=1S/C21H25N3O3S/c1-28-19-10-6-5-9-17(19)23-21(26)20(25)22-11-12-24-13-14-27-18(15-24)16-7-3-2-4-8-16/h2-10,18H,11-15H2,1H3,(H,22,25)(H,23,26)/t18-/m1/s1. The number of rotatable bonds is 6. The maximum atomic E-state index is 12.1. The number of amides is 2. The molecule has 0 radical (unpaired) electrons. The minimum atomic E-state index is -0.648. The smallest absolute Gasteiger partial charge is 0.313 e. The lowest BCUT2D eigenvalue weighted by Crippen LogP contribution is -2.44. The first-order valence-corrected chi connectivity index (χ1v) is 10.5. The first kappa shape index (κ1) is 20.4. The van der Waals surface area contributed by atoms with Gasteiger partial charge in [0.25, 0.3) is 0 Å². The van der Waals surface area contributed by atoms with Crippen LogP contribution in [-0.2, 0) is 14.3 Å². The van der Waals surface area contributed by atoms with Crippen molar-refractivity contribution in [2.24, 2.45) is 0 Å². The fraction of sp³-hybridized carbons (Fsp3) is 0.333. The molecule has 1 saturated heterocycles. The van der Waals surface area contributed by atoms with Gasteiger partial charge in [-0.3, -0.25) is 14.5 Å². The zero-order valence-electron chi connectivity index (χ0n) is 15.9. The van der Waals surface area contributed by atoms with Crippen LogP contribution in [-0.4, -0.2) is 55.8 Å². The molecule has 2 aromatic carbocycles. The maximum Gasteiger partial charge on any atom is 0.313 e. The summed E-state index contributed by atoms with van der Waals surface area (Å²) in [6.45, 7) is 3.32. The van der Waals surface area contributed by atoms with E-state index in [1.54, 1.807) is 6.07 Å². The van der Waals surface area contributed by atoms with E-state index < -0.39 is 11.8 Å². The second-order valence-electron chi connectivity index (χ2n) is 6.48. The molecule has 1 fully saturated rings. The lowest BCUT2D eigenvalue weighted by Gasteiger charge is -2.33. The Morgan fingerprint density at radius 2 is 1.86 bits per heavy atom. The molecule has 0 unspecified atom stereocenters. The molecule has 28 heavy (non-hydrogen) atoms. The third-order valence-electron chi connectivity index (χ3n) is 4.60. The first-order valence-electron chi connectivity index (χ1n) is 9.28. The molecule has 1 aliphatic heterocycles. The highest BCUT2D eigenvalue weighted by molar-refractivity contribution is 7.98. The molecule has 2 aromatic rings. The zero-order chi connectivity index (χ0) is 19.8. The normalized spacial score (nSPS) is 17.1. The van der Waals surface area contributed by atoms with Crippen molar-refractivity contribution in [3.05, 3.63) is 60.2 Å². The molecule has 0 spiro atoms. The molecule has 0 aromatic heterocycles. The SMILES string of the molecule is CSc1ccccc1NC(=O)C(=O)NCCN1CCO[C@@H](c2ccccc2)C1. The van der Waals surface area contributed by atoms with Crippen molar-refractivity contribution in [2.75, 3.05) is 44.4 Å². The molecule has 0 aliphatic carbocycles. The molecule has 1 aliphatic rings. The third-order valence-corrected chi connectivity index (χ3v) is 5.39. The lowest BCUT2D eigenvalue weighted by molar-refractivity contribution is -0.136. The monoisotopic (exact) mass is 399 g/mol. The van der Waals surface area contributed by atoms with E-state index in [2.05, 4.69) is 27.7 Å². The summed E-state index contributed by atoms with van der Waals surface area (Å²) in [7, 11) is 0. The molecule has 2 amide bonds. The maximum absolute atomic E-state index is 12.1. The largest absolute Gasteiger partial charge is 0.371 e. The number of benzene rings is 2. The summed E-state index contributed by atoms with van der Waals surface area (Å²) in [4.78, 5) is 27.4. The van der Waals surface area contributed by atoms with Crippen molar-refractivity contribution in [1.29, 1.82) is 0 Å². The van der Waals surface area contributed by atoms with Gasteiger partial charge in [-0.15, -0.1) is 11.8 Å². The topological polar surface area (TPSA) is 70.7 Å². The number of nitrogens with one attached hydrogen (secondary N) is 2. The van der Waals surface area contributed by atoms with E-state index >= 15 is 0 Å². The van der Waals surface area contributed by atoms with Crippen LogP contribution >= 0.6 is 11.8 Å². The summed E-state index contributed by atoms with van der Waals surface area (Å²) < 4.78 is 5.85. The predicted molar refractivity (Wildman–Crippen MR) is 111 cm³/mol. The van der Waals surface area contributed by atoms with Crippen molar-refractivity contribution >= 4 is 29.3 Å². The number of nitrogens with zero attached hydrogens (tertiary/aromatic N) is 1. The summed E-state index contributed by atoms with van der Waals surface area (Å²) in [6, 6.07) is 17.5. The van der Waals surface area contributed by atoms with Crippen LogP contribution < -0.4 is 10.6 Å². The van der Waals surface area contributed by atoms with E-state index in [0.29, 0.717) is 25.4 Å². The highest BCUT2D eigenvalue weighted by atomic mass is 32.2. The molecule has 0 saturated carbocycles. The summed E-state index contributed by atoms with van der Waals surface area (Å²) in [5.41, 5.74) is 1.80. The number of carbonyl (C=O) groups is 2. The van der Waals surface area contributed by atoms with Crippen molar-refractivity contribution < 1.29 is 14.3 Å². The van der Waals surface area contributed by atoms with Crippen LogP contribution in [0.3, 0.4) is 0 Å². The summed E-state index contributed by atoms with van der Waals surface area (Å²) >= 11 is 1.52. The molecule has 1 heterocycles. The average Bonchev–Trinajstić information content (AvgIpc) is 2.75. The molecule has 2 N–H and O–H groups in total. The summed E-state index contributed by atoms with van der Waals surface area (Å²) in [6.07, 6.45) is 1.97. The average molecular weight is 400 g/mol. The van der Waals surface area contributed by atoms with Gasteiger partial charge in [0.1, 0.15) is 0 Å². The van der Waals surface area contributed by atoms with Crippen LogP contribution in [0, 0.1) is 0 Å². The first-order chi connectivity index (χ1) is 13.7. The number of hydrogen-bond acceptors (Lipinski definition) is 5. The van der Waals surface area contributed by atoms with Crippen molar-refractivity contribution in [3.8, 4) is 0 Å². The van der Waals surface area contributed by atoms with Crippen LogP contribution in [0.25, 0.3) is 0 Å². The van der Waals surface area contributed by atoms with Crippen molar-refractivity contribution in [3.63, 3.8) is 0 Å². The van der Waals surface area contributed by atoms with Gasteiger partial charge in [-0.2, -0.15) is 0 Å². The number of hydrogen-bond donors (Lipinski definition) is 2.